The van der Waals surface area contributed by atoms with Gasteiger partial charge in [0.05, 0.1) is 5.52 Å². The SMILES string of the molecule is CC(=O)n1cc([C@H](N)C(F)(F)F)c2ccccc21. The Morgan fingerprint density at radius 2 is 1.94 bits per heavy atom. The van der Waals surface area contributed by atoms with E-state index in [1.165, 1.54) is 17.6 Å². The van der Waals surface area contributed by atoms with Gasteiger partial charge in [-0.25, -0.2) is 0 Å². The Kier molecular flexibility index (Phi) is 2.90. The van der Waals surface area contributed by atoms with Gasteiger partial charge in [0, 0.05) is 24.1 Å². The van der Waals surface area contributed by atoms with Gasteiger partial charge in [-0.1, -0.05) is 18.2 Å². The normalized spacial score (nSPS) is 13.8. The number of nitrogens with zero attached hydrogens (tertiary/aromatic N) is 1. The summed E-state index contributed by atoms with van der Waals surface area (Å²) in [5.41, 5.74) is 5.54. The fraction of sp³-hybridized carbons (Fsp3) is 0.250. The maximum atomic E-state index is 12.7. The van der Waals surface area contributed by atoms with Crippen LogP contribution in [-0.4, -0.2) is 16.7 Å². The van der Waals surface area contributed by atoms with E-state index < -0.39 is 12.2 Å². The van der Waals surface area contributed by atoms with Crippen molar-refractivity contribution in [3.63, 3.8) is 0 Å². The fourth-order valence-corrected chi connectivity index (χ4v) is 1.89. The van der Waals surface area contributed by atoms with Crippen LogP contribution in [-0.2, 0) is 0 Å². The van der Waals surface area contributed by atoms with Crippen LogP contribution >= 0.6 is 0 Å². The summed E-state index contributed by atoms with van der Waals surface area (Å²) >= 11 is 0. The van der Waals surface area contributed by atoms with E-state index in [1.54, 1.807) is 18.2 Å². The zero-order valence-electron chi connectivity index (χ0n) is 9.53. The number of alkyl halides is 3. The van der Waals surface area contributed by atoms with Crippen molar-refractivity contribution in [1.82, 2.24) is 4.57 Å². The Hall–Kier alpha value is -1.82. The summed E-state index contributed by atoms with van der Waals surface area (Å²) in [7, 11) is 0. The molecule has 96 valence electrons. The van der Waals surface area contributed by atoms with E-state index in [1.807, 2.05) is 0 Å². The quantitative estimate of drug-likeness (QED) is 0.852. The molecule has 0 aliphatic carbocycles. The maximum absolute atomic E-state index is 12.7. The van der Waals surface area contributed by atoms with Gasteiger partial charge in [-0.15, -0.1) is 0 Å². The topological polar surface area (TPSA) is 48.0 Å². The number of para-hydroxylation sites is 1. The fourth-order valence-electron chi connectivity index (χ4n) is 1.89. The monoisotopic (exact) mass is 256 g/mol. The van der Waals surface area contributed by atoms with Gasteiger partial charge in [0.2, 0.25) is 5.91 Å². The third-order valence-corrected chi connectivity index (χ3v) is 2.77. The van der Waals surface area contributed by atoms with E-state index >= 15 is 0 Å². The highest BCUT2D eigenvalue weighted by molar-refractivity contribution is 5.93. The van der Waals surface area contributed by atoms with Crippen molar-refractivity contribution in [2.45, 2.75) is 19.1 Å². The first kappa shape index (κ1) is 12.6. The molecule has 1 heterocycles. The van der Waals surface area contributed by atoms with Gasteiger partial charge in [-0.2, -0.15) is 13.2 Å². The van der Waals surface area contributed by atoms with Crippen molar-refractivity contribution in [2.24, 2.45) is 5.73 Å². The largest absolute Gasteiger partial charge is 0.407 e. The molecule has 2 rings (SSSR count). The number of hydrogen-bond donors (Lipinski definition) is 1. The number of carbonyl (C=O) groups is 1. The lowest BCUT2D eigenvalue weighted by molar-refractivity contribution is -0.148. The summed E-state index contributed by atoms with van der Waals surface area (Å²) < 4.78 is 39.1. The lowest BCUT2D eigenvalue weighted by atomic mass is 10.1. The number of carbonyl (C=O) groups excluding carboxylic acids is 1. The van der Waals surface area contributed by atoms with E-state index in [0.717, 1.165) is 6.20 Å². The van der Waals surface area contributed by atoms with Gasteiger partial charge >= 0.3 is 6.18 Å². The van der Waals surface area contributed by atoms with Crippen LogP contribution in [0.25, 0.3) is 10.9 Å². The van der Waals surface area contributed by atoms with E-state index in [-0.39, 0.29) is 11.5 Å². The van der Waals surface area contributed by atoms with Crippen molar-refractivity contribution in [3.8, 4) is 0 Å². The van der Waals surface area contributed by atoms with Gasteiger partial charge in [0.15, 0.2) is 0 Å². The molecule has 0 unspecified atom stereocenters. The zero-order valence-corrected chi connectivity index (χ0v) is 9.53. The average molecular weight is 256 g/mol. The molecule has 18 heavy (non-hydrogen) atoms. The molecule has 0 aliphatic rings. The van der Waals surface area contributed by atoms with Crippen LogP contribution in [0, 0.1) is 0 Å². The number of nitrogens with two attached hydrogens (primary N) is 1. The van der Waals surface area contributed by atoms with Crippen LogP contribution in [0.3, 0.4) is 0 Å². The first-order valence-corrected chi connectivity index (χ1v) is 5.25. The minimum absolute atomic E-state index is 0.0895. The molecule has 0 saturated carbocycles. The van der Waals surface area contributed by atoms with E-state index in [2.05, 4.69) is 0 Å². The van der Waals surface area contributed by atoms with E-state index in [0.29, 0.717) is 10.9 Å². The second kappa shape index (κ2) is 4.13. The maximum Gasteiger partial charge on any atom is 0.407 e. The third kappa shape index (κ3) is 1.99. The molecule has 1 aromatic heterocycles. The second-order valence-electron chi connectivity index (χ2n) is 4.01. The summed E-state index contributed by atoms with van der Waals surface area (Å²) in [6, 6.07) is 4.28. The Labute approximate surface area is 101 Å². The van der Waals surface area contributed by atoms with Crippen LogP contribution in [0.4, 0.5) is 13.2 Å². The van der Waals surface area contributed by atoms with E-state index in [9.17, 15) is 18.0 Å². The molecule has 1 atom stereocenters. The summed E-state index contributed by atoms with van der Waals surface area (Å²) in [5.74, 6) is -0.355. The third-order valence-electron chi connectivity index (χ3n) is 2.77. The molecular formula is C12H11F3N2O. The Balaban J connectivity index is 2.69. The smallest absolute Gasteiger partial charge is 0.316 e. The Bertz CT molecular complexity index is 601. The molecule has 0 bridgehead atoms. The van der Waals surface area contributed by atoms with Crippen molar-refractivity contribution >= 4 is 16.8 Å². The van der Waals surface area contributed by atoms with Crippen LogP contribution in [0.15, 0.2) is 30.5 Å². The van der Waals surface area contributed by atoms with Gasteiger partial charge in [0.25, 0.3) is 0 Å². The highest BCUT2D eigenvalue weighted by Crippen LogP contribution is 2.35. The number of halogens is 3. The Morgan fingerprint density at radius 1 is 1.33 bits per heavy atom. The van der Waals surface area contributed by atoms with Crippen LogP contribution in [0.2, 0.25) is 0 Å². The molecule has 0 saturated heterocycles. The van der Waals surface area contributed by atoms with Crippen LogP contribution < -0.4 is 5.73 Å². The number of benzene rings is 1. The minimum Gasteiger partial charge on any atom is -0.316 e. The van der Waals surface area contributed by atoms with Gasteiger partial charge in [-0.3, -0.25) is 9.36 Å². The molecular weight excluding hydrogens is 245 g/mol. The van der Waals surface area contributed by atoms with Crippen LogP contribution in [0.5, 0.6) is 0 Å². The molecule has 0 radical (unpaired) electrons. The molecule has 6 heteroatoms. The molecule has 0 spiro atoms. The predicted molar refractivity (Wildman–Crippen MR) is 61.2 cm³/mol. The summed E-state index contributed by atoms with van der Waals surface area (Å²) in [4.78, 5) is 11.4. The summed E-state index contributed by atoms with van der Waals surface area (Å²) in [6.45, 7) is 1.29. The average Bonchev–Trinajstić information content (AvgIpc) is 2.66. The van der Waals surface area contributed by atoms with Crippen molar-refractivity contribution in [3.05, 3.63) is 36.0 Å². The Morgan fingerprint density at radius 3 is 2.50 bits per heavy atom. The highest BCUT2D eigenvalue weighted by atomic mass is 19.4. The summed E-state index contributed by atoms with van der Waals surface area (Å²) in [6.07, 6.45) is -3.38. The minimum atomic E-state index is -4.54. The van der Waals surface area contributed by atoms with E-state index in [4.69, 9.17) is 5.73 Å². The standard InChI is InChI=1S/C12H11F3N2O/c1-7(18)17-6-9(11(16)12(13,14)15)8-4-2-3-5-10(8)17/h2-6,11H,16H2,1H3/t11-/m0/s1. The van der Waals surface area contributed by atoms with Crippen LogP contribution in [0.1, 0.15) is 23.3 Å². The number of aromatic nitrogens is 1. The first-order chi connectivity index (χ1) is 8.32. The lowest BCUT2D eigenvalue weighted by Crippen LogP contribution is -2.28. The predicted octanol–water partition coefficient (Wildman–Crippen LogP) is 2.86. The number of fused-ring (bicyclic) bond motifs is 1. The molecule has 0 amide bonds. The molecule has 0 aliphatic heterocycles. The van der Waals surface area contributed by atoms with Gasteiger partial charge < -0.3 is 5.73 Å². The van der Waals surface area contributed by atoms with Crippen molar-refractivity contribution in [2.75, 3.05) is 0 Å². The van der Waals surface area contributed by atoms with Crippen molar-refractivity contribution in [1.29, 1.82) is 0 Å². The molecule has 0 fully saturated rings. The second-order valence-corrected chi connectivity index (χ2v) is 4.01. The summed E-state index contributed by atoms with van der Waals surface area (Å²) in [5, 5.41) is 0.345. The zero-order chi connectivity index (χ0) is 13.5. The number of rotatable bonds is 1. The molecule has 2 aromatic rings. The molecule has 2 N–H and O–H groups in total. The van der Waals surface area contributed by atoms with Crippen molar-refractivity contribution < 1.29 is 18.0 Å². The molecule has 1 aromatic carbocycles. The lowest BCUT2D eigenvalue weighted by Gasteiger charge is -2.14. The highest BCUT2D eigenvalue weighted by Gasteiger charge is 2.39. The van der Waals surface area contributed by atoms with Gasteiger partial charge in [-0.05, 0) is 6.07 Å². The first-order valence-electron chi connectivity index (χ1n) is 5.25. The van der Waals surface area contributed by atoms with Gasteiger partial charge in [0.1, 0.15) is 6.04 Å². The molecule has 3 nitrogen and oxygen atoms in total. The number of hydrogen-bond acceptors (Lipinski definition) is 2.